The summed E-state index contributed by atoms with van der Waals surface area (Å²) in [5.74, 6) is 0.526. The smallest absolute Gasteiger partial charge is 0.266 e. The topological polar surface area (TPSA) is 92.2 Å². The number of rotatable bonds is 13. The van der Waals surface area contributed by atoms with Crippen molar-refractivity contribution in [3.8, 4) is 5.75 Å². The lowest BCUT2D eigenvalue weighted by Gasteiger charge is -2.30. The summed E-state index contributed by atoms with van der Waals surface area (Å²) in [5.41, 5.74) is 6.60. The van der Waals surface area contributed by atoms with Gasteiger partial charge in [-0.1, -0.05) is 65.1 Å². The zero-order valence-corrected chi connectivity index (χ0v) is 24.0. The number of hydrazine groups is 1. The molecule has 4 rings (SSSR count). The zero-order valence-electron chi connectivity index (χ0n) is 21.7. The Labute approximate surface area is 248 Å². The van der Waals surface area contributed by atoms with Crippen molar-refractivity contribution in [2.24, 2.45) is 4.99 Å². The highest BCUT2D eigenvalue weighted by atomic mass is 35.5. The van der Waals surface area contributed by atoms with Crippen molar-refractivity contribution in [1.29, 1.82) is 0 Å². The van der Waals surface area contributed by atoms with E-state index < -0.39 is 17.6 Å². The molecule has 1 heterocycles. The number of aliphatic hydroxyl groups is 1. The first-order valence-corrected chi connectivity index (χ1v) is 13.9. The molecule has 7 nitrogen and oxygen atoms in total. The normalized spacial score (nSPS) is 18.1. The van der Waals surface area contributed by atoms with Crippen molar-refractivity contribution >= 4 is 46.6 Å². The molecule has 1 amide bonds. The van der Waals surface area contributed by atoms with Gasteiger partial charge in [-0.15, -0.1) is 6.58 Å². The van der Waals surface area contributed by atoms with Crippen LogP contribution in [0.1, 0.15) is 35.6 Å². The van der Waals surface area contributed by atoms with Crippen LogP contribution < -0.4 is 15.6 Å². The van der Waals surface area contributed by atoms with E-state index in [0.717, 1.165) is 5.56 Å². The second kappa shape index (κ2) is 14.0. The molecule has 0 fully saturated rings. The maximum atomic E-state index is 13.8. The molecule has 0 unspecified atom stereocenters. The summed E-state index contributed by atoms with van der Waals surface area (Å²) in [4.78, 5) is 18.7. The summed E-state index contributed by atoms with van der Waals surface area (Å²) < 4.78 is 12.0. The Kier molecular flexibility index (Phi) is 10.5. The molecule has 2 atom stereocenters. The molecule has 0 saturated carbocycles. The molecule has 1 aliphatic heterocycles. The Bertz CT molecular complexity index is 1370. The molecule has 3 N–H and O–H groups in total. The minimum Gasteiger partial charge on any atom is -0.494 e. The van der Waals surface area contributed by atoms with Crippen LogP contribution in [0.25, 0.3) is 0 Å². The number of nitrogens with zero attached hydrogens (tertiary/aromatic N) is 1. The maximum absolute atomic E-state index is 13.8. The number of halogens is 3. The average Bonchev–Trinajstić information content (AvgIpc) is 3.33. The molecule has 0 aromatic heterocycles. The van der Waals surface area contributed by atoms with Gasteiger partial charge in [-0.05, 0) is 54.4 Å². The van der Waals surface area contributed by atoms with Crippen LogP contribution in [0.5, 0.6) is 5.75 Å². The predicted octanol–water partition coefficient (Wildman–Crippen LogP) is 6.10. The van der Waals surface area contributed by atoms with Gasteiger partial charge in [0.1, 0.15) is 5.75 Å². The van der Waals surface area contributed by atoms with E-state index >= 15 is 0 Å². The Balaban J connectivity index is 1.60. The van der Waals surface area contributed by atoms with E-state index in [-0.39, 0.29) is 18.9 Å². The molecule has 0 aliphatic carbocycles. The van der Waals surface area contributed by atoms with Crippen molar-refractivity contribution in [3.63, 3.8) is 0 Å². The lowest BCUT2D eigenvalue weighted by Crippen LogP contribution is -2.52. The van der Waals surface area contributed by atoms with Gasteiger partial charge in [-0.2, -0.15) is 0 Å². The summed E-state index contributed by atoms with van der Waals surface area (Å²) in [5, 5.41) is 10.5. The standard InChI is InChI=1S/C30H30Cl3N3O4/c1-2-15-30(29(38)36-34-16-14-20-6-3-4-7-25(20)32)27(24-13-10-22(31)19-26(24)33)40-28(35-30)21-8-11-23(12-9-21)39-18-5-17-37/h2-4,6-13,19,27,34,37H,1,5,14-18H2,(H,36,38)/t27-,30-/m0/s1. The van der Waals surface area contributed by atoms with Crippen LogP contribution in [0.3, 0.4) is 0 Å². The van der Waals surface area contributed by atoms with Crippen molar-refractivity contribution in [3.05, 3.63) is 111 Å². The number of carbonyl (C=O) groups excluding carboxylic acids is 1. The van der Waals surface area contributed by atoms with E-state index in [1.54, 1.807) is 48.5 Å². The third-order valence-corrected chi connectivity index (χ3v) is 7.34. The van der Waals surface area contributed by atoms with Gasteiger partial charge in [0.15, 0.2) is 11.6 Å². The SMILES string of the molecule is C=CC[C@]1(C(=O)NNCCc2ccccc2Cl)N=C(c2ccc(OCCCO)cc2)O[C@H]1c1ccc(Cl)cc1Cl. The summed E-state index contributed by atoms with van der Waals surface area (Å²) in [6.45, 7) is 4.78. The summed E-state index contributed by atoms with van der Waals surface area (Å²) >= 11 is 19.0. The number of hydrogen-bond donors (Lipinski definition) is 3. The fraction of sp³-hybridized carbons (Fsp3) is 0.267. The summed E-state index contributed by atoms with van der Waals surface area (Å²) in [6, 6.07) is 19.8. The van der Waals surface area contributed by atoms with Crippen molar-refractivity contribution < 1.29 is 19.4 Å². The van der Waals surface area contributed by atoms with Crippen molar-refractivity contribution in [2.45, 2.75) is 30.9 Å². The fourth-order valence-electron chi connectivity index (χ4n) is 4.38. The van der Waals surface area contributed by atoms with Crippen LogP contribution in [0.2, 0.25) is 15.1 Å². The van der Waals surface area contributed by atoms with Crippen molar-refractivity contribution in [1.82, 2.24) is 10.9 Å². The van der Waals surface area contributed by atoms with Crippen LogP contribution >= 0.6 is 34.8 Å². The average molecular weight is 603 g/mol. The number of aliphatic imine (C=N–C) groups is 1. The fourth-order valence-corrected chi connectivity index (χ4v) is 5.11. The molecular weight excluding hydrogens is 573 g/mol. The molecule has 3 aromatic rings. The van der Waals surface area contributed by atoms with E-state index in [4.69, 9.17) is 54.4 Å². The largest absolute Gasteiger partial charge is 0.494 e. The molecule has 0 radical (unpaired) electrons. The molecular formula is C30H30Cl3N3O4. The van der Waals surface area contributed by atoms with Crippen molar-refractivity contribution in [2.75, 3.05) is 19.8 Å². The maximum Gasteiger partial charge on any atom is 0.266 e. The lowest BCUT2D eigenvalue weighted by atomic mass is 9.84. The zero-order chi connectivity index (χ0) is 28.5. The van der Waals surface area contributed by atoms with E-state index in [1.807, 2.05) is 24.3 Å². The number of ether oxygens (including phenoxy) is 2. The number of hydrogen-bond acceptors (Lipinski definition) is 6. The van der Waals surface area contributed by atoms with E-state index in [9.17, 15) is 4.79 Å². The van der Waals surface area contributed by atoms with Gasteiger partial charge in [-0.25, -0.2) is 10.4 Å². The second-order valence-electron chi connectivity index (χ2n) is 9.17. The number of benzene rings is 3. The summed E-state index contributed by atoms with van der Waals surface area (Å²) in [6.07, 6.45) is 2.11. The van der Waals surface area contributed by atoms with Gasteiger partial charge in [0.25, 0.3) is 5.91 Å². The number of aliphatic hydroxyl groups excluding tert-OH is 1. The molecule has 3 aromatic carbocycles. The van der Waals surface area contributed by atoms with Gasteiger partial charge in [-0.3, -0.25) is 10.2 Å². The van der Waals surface area contributed by atoms with Gasteiger partial charge >= 0.3 is 0 Å². The first kappa shape index (κ1) is 29.9. The van der Waals surface area contributed by atoms with Gasteiger partial charge in [0.05, 0.1) is 6.61 Å². The lowest BCUT2D eigenvalue weighted by molar-refractivity contribution is -0.129. The third kappa shape index (κ3) is 6.97. The van der Waals surface area contributed by atoms with E-state index in [0.29, 0.717) is 57.9 Å². The molecule has 210 valence electrons. The predicted molar refractivity (Wildman–Crippen MR) is 159 cm³/mol. The highest BCUT2D eigenvalue weighted by Crippen LogP contribution is 2.45. The molecule has 1 aliphatic rings. The minimum atomic E-state index is -1.40. The van der Waals surface area contributed by atoms with E-state index in [1.165, 1.54) is 0 Å². The Hall–Kier alpha value is -3.07. The number of amides is 1. The van der Waals surface area contributed by atoms with E-state index in [2.05, 4.69) is 17.4 Å². The van der Waals surface area contributed by atoms with Crippen LogP contribution in [0.15, 0.2) is 84.4 Å². The van der Waals surface area contributed by atoms with Crippen LogP contribution in [-0.4, -0.2) is 42.2 Å². The van der Waals surface area contributed by atoms with Gasteiger partial charge in [0, 0.05) is 52.2 Å². The molecule has 40 heavy (non-hydrogen) atoms. The molecule has 10 heteroatoms. The highest BCUT2D eigenvalue weighted by molar-refractivity contribution is 6.35. The number of carbonyl (C=O) groups is 1. The third-order valence-electron chi connectivity index (χ3n) is 6.41. The van der Waals surface area contributed by atoms with Gasteiger partial charge in [0.2, 0.25) is 5.90 Å². The second-order valence-corrected chi connectivity index (χ2v) is 10.4. The highest BCUT2D eigenvalue weighted by Gasteiger charge is 2.53. The Morgan fingerprint density at radius 2 is 1.88 bits per heavy atom. The quantitative estimate of drug-likeness (QED) is 0.125. The van der Waals surface area contributed by atoms with Gasteiger partial charge < -0.3 is 14.6 Å². The Morgan fingerprint density at radius 3 is 2.58 bits per heavy atom. The van der Waals surface area contributed by atoms with Crippen LogP contribution in [0.4, 0.5) is 0 Å². The van der Waals surface area contributed by atoms with Crippen LogP contribution in [-0.2, 0) is 16.0 Å². The summed E-state index contributed by atoms with van der Waals surface area (Å²) in [7, 11) is 0. The molecule has 0 saturated heterocycles. The number of nitrogens with one attached hydrogen (secondary N) is 2. The Morgan fingerprint density at radius 1 is 1.10 bits per heavy atom. The first-order valence-electron chi connectivity index (χ1n) is 12.8. The minimum absolute atomic E-state index is 0.0552. The van der Waals surface area contributed by atoms with Crippen LogP contribution in [0, 0.1) is 0 Å². The monoisotopic (exact) mass is 601 g/mol. The first-order chi connectivity index (χ1) is 19.4. The molecule has 0 spiro atoms. The molecule has 0 bridgehead atoms.